The van der Waals surface area contributed by atoms with Gasteiger partial charge in [-0.15, -0.1) is 12.4 Å². The summed E-state index contributed by atoms with van der Waals surface area (Å²) in [5, 5.41) is 3.58. The van der Waals surface area contributed by atoms with E-state index in [0.29, 0.717) is 31.1 Å². The van der Waals surface area contributed by atoms with Crippen LogP contribution in [0, 0.1) is 5.92 Å². The number of piperidine rings is 2. The van der Waals surface area contributed by atoms with Crippen molar-refractivity contribution < 1.29 is 8.42 Å². The Labute approximate surface area is 135 Å². The van der Waals surface area contributed by atoms with E-state index in [-0.39, 0.29) is 18.4 Å². The van der Waals surface area contributed by atoms with E-state index in [1.165, 1.54) is 12.8 Å². The topological polar surface area (TPSA) is 52.7 Å². The van der Waals surface area contributed by atoms with E-state index in [9.17, 15) is 8.42 Å². The lowest BCUT2D eigenvalue weighted by Crippen LogP contribution is -2.53. The predicted octanol–water partition coefficient (Wildman–Crippen LogP) is 1.60. The highest BCUT2D eigenvalue weighted by molar-refractivity contribution is 7.86. The van der Waals surface area contributed by atoms with E-state index in [4.69, 9.17) is 0 Å². The van der Waals surface area contributed by atoms with Crippen LogP contribution in [0.5, 0.6) is 0 Å². The fourth-order valence-corrected chi connectivity index (χ4v) is 5.77. The Morgan fingerprint density at radius 2 is 1.76 bits per heavy atom. The zero-order valence-corrected chi connectivity index (χ0v) is 14.6. The fourth-order valence-electron chi connectivity index (χ4n) is 4.05. The van der Waals surface area contributed by atoms with E-state index < -0.39 is 10.2 Å². The molecule has 21 heavy (non-hydrogen) atoms. The molecule has 0 aromatic heterocycles. The number of halogens is 1. The molecule has 3 fully saturated rings. The molecule has 1 N–H and O–H groups in total. The van der Waals surface area contributed by atoms with Crippen LogP contribution in [0.2, 0.25) is 0 Å². The van der Waals surface area contributed by atoms with Gasteiger partial charge in [0.1, 0.15) is 0 Å². The second-order valence-electron chi connectivity index (χ2n) is 6.89. The second kappa shape index (κ2) is 6.71. The van der Waals surface area contributed by atoms with E-state index in [2.05, 4.69) is 12.2 Å². The van der Waals surface area contributed by atoms with E-state index in [1.807, 2.05) is 0 Å². The van der Waals surface area contributed by atoms with Crippen molar-refractivity contribution in [1.82, 2.24) is 13.9 Å². The Hall–Kier alpha value is 0.120. The molecule has 5 nitrogen and oxygen atoms in total. The van der Waals surface area contributed by atoms with Crippen LogP contribution in [-0.2, 0) is 10.2 Å². The van der Waals surface area contributed by atoms with Crippen LogP contribution in [-0.4, -0.2) is 55.3 Å². The Balaban J connectivity index is 0.00000161. The van der Waals surface area contributed by atoms with Crippen LogP contribution >= 0.6 is 12.4 Å². The zero-order chi connectivity index (χ0) is 14.3. The highest BCUT2D eigenvalue weighted by Crippen LogP contribution is 2.31. The van der Waals surface area contributed by atoms with Crippen molar-refractivity contribution in [2.75, 3.05) is 20.1 Å². The lowest BCUT2D eigenvalue weighted by molar-refractivity contribution is 0.218. The zero-order valence-electron chi connectivity index (χ0n) is 13.0. The molecule has 0 aromatic rings. The number of nitrogens with zero attached hydrogens (tertiary/aromatic N) is 2. The van der Waals surface area contributed by atoms with E-state index in [0.717, 1.165) is 25.7 Å². The summed E-state index contributed by atoms with van der Waals surface area (Å²) < 4.78 is 29.0. The largest absolute Gasteiger partial charge is 0.311 e. The van der Waals surface area contributed by atoms with E-state index in [1.54, 1.807) is 15.7 Å². The van der Waals surface area contributed by atoms with Crippen LogP contribution in [0.15, 0.2) is 0 Å². The number of rotatable bonds is 3. The van der Waals surface area contributed by atoms with Gasteiger partial charge in [0.15, 0.2) is 0 Å². The van der Waals surface area contributed by atoms with Gasteiger partial charge in [-0.1, -0.05) is 6.92 Å². The van der Waals surface area contributed by atoms with Crippen molar-refractivity contribution in [3.8, 4) is 0 Å². The first-order valence-electron chi connectivity index (χ1n) is 7.96. The molecule has 3 aliphatic heterocycles. The maximum absolute atomic E-state index is 12.8. The second-order valence-corrected chi connectivity index (χ2v) is 8.88. The van der Waals surface area contributed by atoms with Gasteiger partial charge < -0.3 is 5.32 Å². The van der Waals surface area contributed by atoms with E-state index >= 15 is 0 Å². The van der Waals surface area contributed by atoms with Crippen LogP contribution in [0.4, 0.5) is 0 Å². The van der Waals surface area contributed by atoms with Gasteiger partial charge in [-0.05, 0) is 44.4 Å². The summed E-state index contributed by atoms with van der Waals surface area (Å²) in [4.78, 5) is 0. The van der Waals surface area contributed by atoms with Crippen molar-refractivity contribution in [2.24, 2.45) is 5.92 Å². The molecule has 3 saturated heterocycles. The molecule has 7 heteroatoms. The van der Waals surface area contributed by atoms with Crippen molar-refractivity contribution in [3.05, 3.63) is 0 Å². The number of hydrogen-bond donors (Lipinski definition) is 1. The molecular weight excluding hydrogens is 310 g/mol. The van der Waals surface area contributed by atoms with Gasteiger partial charge in [0.2, 0.25) is 0 Å². The Morgan fingerprint density at radius 1 is 1.14 bits per heavy atom. The maximum atomic E-state index is 12.8. The molecule has 3 heterocycles. The molecule has 3 unspecified atom stereocenters. The lowest BCUT2D eigenvalue weighted by Gasteiger charge is -2.39. The highest BCUT2D eigenvalue weighted by Gasteiger charge is 2.40. The molecule has 0 aliphatic carbocycles. The van der Waals surface area contributed by atoms with Gasteiger partial charge in [0, 0.05) is 38.3 Å². The summed E-state index contributed by atoms with van der Waals surface area (Å²) in [6, 6.07) is 1.23. The normalized spacial score (nSPS) is 37.5. The summed E-state index contributed by atoms with van der Waals surface area (Å²) in [5.74, 6) is 0.483. The summed E-state index contributed by atoms with van der Waals surface area (Å²) in [7, 11) is -1.49. The van der Waals surface area contributed by atoms with Gasteiger partial charge >= 0.3 is 0 Å². The summed E-state index contributed by atoms with van der Waals surface area (Å²) in [6.45, 7) is 3.52. The molecule has 3 rings (SSSR count). The maximum Gasteiger partial charge on any atom is 0.281 e. The number of hydrogen-bond acceptors (Lipinski definition) is 3. The van der Waals surface area contributed by atoms with Gasteiger partial charge in [0.05, 0.1) is 0 Å². The smallest absolute Gasteiger partial charge is 0.281 e. The third-order valence-electron chi connectivity index (χ3n) is 5.27. The molecule has 2 bridgehead atoms. The fraction of sp³-hybridized carbons (Fsp3) is 1.00. The summed E-state index contributed by atoms with van der Waals surface area (Å²) >= 11 is 0. The molecule has 0 radical (unpaired) electrons. The monoisotopic (exact) mass is 337 g/mol. The molecule has 0 aromatic carbocycles. The molecule has 124 valence electrons. The van der Waals surface area contributed by atoms with Crippen LogP contribution in [0.1, 0.15) is 45.4 Å². The van der Waals surface area contributed by atoms with Crippen molar-refractivity contribution in [3.63, 3.8) is 0 Å². The summed E-state index contributed by atoms with van der Waals surface area (Å²) in [5.41, 5.74) is 0. The highest BCUT2D eigenvalue weighted by atomic mass is 35.5. The van der Waals surface area contributed by atoms with Crippen LogP contribution in [0.3, 0.4) is 0 Å². The average molecular weight is 338 g/mol. The first-order chi connectivity index (χ1) is 9.46. The minimum atomic E-state index is -3.27. The third kappa shape index (κ3) is 3.55. The first-order valence-corrected chi connectivity index (χ1v) is 9.35. The Morgan fingerprint density at radius 3 is 2.33 bits per heavy atom. The third-order valence-corrected chi connectivity index (χ3v) is 7.28. The minimum absolute atomic E-state index is 0. The molecular formula is C14H28ClN3O2S. The predicted molar refractivity (Wildman–Crippen MR) is 86.9 cm³/mol. The van der Waals surface area contributed by atoms with Crippen LogP contribution < -0.4 is 5.32 Å². The summed E-state index contributed by atoms with van der Waals surface area (Å²) in [6.07, 6.45) is 6.48. The SMILES string of the molecule is CC1CCCN(S(=O)(=O)N(C)C2CC3CCC(C2)N3)C1.Cl. The van der Waals surface area contributed by atoms with Crippen LogP contribution in [0.25, 0.3) is 0 Å². The first kappa shape index (κ1) is 17.5. The Bertz CT molecular complexity index is 447. The molecule has 0 spiro atoms. The van der Waals surface area contributed by atoms with Gasteiger partial charge in [-0.25, -0.2) is 0 Å². The lowest BCUT2D eigenvalue weighted by atomic mass is 10.0. The van der Waals surface area contributed by atoms with Gasteiger partial charge in [0.25, 0.3) is 10.2 Å². The molecule has 3 aliphatic rings. The number of nitrogens with one attached hydrogen (secondary N) is 1. The van der Waals surface area contributed by atoms with Crippen molar-refractivity contribution >= 4 is 22.6 Å². The minimum Gasteiger partial charge on any atom is -0.311 e. The van der Waals surface area contributed by atoms with Crippen molar-refractivity contribution in [2.45, 2.75) is 63.6 Å². The molecule has 0 amide bonds. The Kier molecular flexibility index (Phi) is 5.58. The average Bonchev–Trinajstić information content (AvgIpc) is 2.76. The standard InChI is InChI=1S/C14H27N3O2S.ClH/c1-11-4-3-7-17(10-11)20(18,19)16(2)14-8-12-5-6-13(9-14)15-12;/h11-15H,3-10H2,1-2H3;1H. The van der Waals surface area contributed by atoms with Gasteiger partial charge in [-0.3, -0.25) is 0 Å². The quantitative estimate of drug-likeness (QED) is 0.851. The molecule has 3 atom stereocenters. The molecule has 0 saturated carbocycles. The van der Waals surface area contributed by atoms with Crippen molar-refractivity contribution in [1.29, 1.82) is 0 Å². The van der Waals surface area contributed by atoms with Gasteiger partial charge in [-0.2, -0.15) is 17.0 Å². The number of fused-ring (bicyclic) bond motifs is 2.